The standard InChI is InChI=1S/C21H20F3NO4/c1-20(19(27)29-3)16(12-4-7-15(28-2)8-5-12)11-13-10-14(21(22,23)24)6-9-17(13)25-18(20)26/h4-10,16H,11H2,1-3H3,(H,25,26). The van der Waals surface area contributed by atoms with Crippen LogP contribution in [0.2, 0.25) is 0 Å². The van der Waals surface area contributed by atoms with Crippen molar-refractivity contribution in [3.63, 3.8) is 0 Å². The summed E-state index contributed by atoms with van der Waals surface area (Å²) in [4.78, 5) is 25.7. The Balaban J connectivity index is 2.16. The first-order valence-electron chi connectivity index (χ1n) is 8.85. The SMILES string of the molecule is COC(=O)C1(C)C(=O)Nc2ccc(C(F)(F)F)cc2CC1c1ccc(OC)cc1. The summed E-state index contributed by atoms with van der Waals surface area (Å²) in [6, 6.07) is 9.85. The maximum atomic E-state index is 13.2. The number of rotatable bonds is 3. The number of amides is 1. The second-order valence-corrected chi connectivity index (χ2v) is 7.05. The molecule has 2 atom stereocenters. The lowest BCUT2D eigenvalue weighted by atomic mass is 9.70. The van der Waals surface area contributed by atoms with Gasteiger partial charge in [0, 0.05) is 11.6 Å². The summed E-state index contributed by atoms with van der Waals surface area (Å²) in [6.07, 6.45) is -4.48. The van der Waals surface area contributed by atoms with Gasteiger partial charge in [-0.05, 0) is 54.8 Å². The smallest absolute Gasteiger partial charge is 0.416 e. The highest BCUT2D eigenvalue weighted by Gasteiger charge is 2.51. The van der Waals surface area contributed by atoms with E-state index in [-0.39, 0.29) is 12.1 Å². The lowest BCUT2D eigenvalue weighted by molar-refractivity contribution is -0.157. The molecule has 0 bridgehead atoms. The molecule has 154 valence electrons. The van der Waals surface area contributed by atoms with Gasteiger partial charge in [-0.15, -0.1) is 0 Å². The molecular formula is C21H20F3NO4. The summed E-state index contributed by atoms with van der Waals surface area (Å²) in [7, 11) is 2.67. The highest BCUT2D eigenvalue weighted by molar-refractivity contribution is 6.10. The van der Waals surface area contributed by atoms with E-state index in [2.05, 4.69) is 5.32 Å². The first-order chi connectivity index (χ1) is 13.6. The van der Waals surface area contributed by atoms with Gasteiger partial charge in [0.05, 0.1) is 19.8 Å². The van der Waals surface area contributed by atoms with Crippen molar-refractivity contribution < 1.29 is 32.2 Å². The van der Waals surface area contributed by atoms with Crippen LogP contribution in [0, 0.1) is 5.41 Å². The van der Waals surface area contributed by atoms with Gasteiger partial charge in [0.2, 0.25) is 5.91 Å². The molecule has 1 amide bonds. The summed E-state index contributed by atoms with van der Waals surface area (Å²) < 4.78 is 49.6. The Morgan fingerprint density at radius 2 is 1.79 bits per heavy atom. The van der Waals surface area contributed by atoms with E-state index >= 15 is 0 Å². The van der Waals surface area contributed by atoms with Crippen LogP contribution >= 0.6 is 0 Å². The van der Waals surface area contributed by atoms with Gasteiger partial charge in [-0.2, -0.15) is 13.2 Å². The third-order valence-electron chi connectivity index (χ3n) is 5.40. The van der Waals surface area contributed by atoms with E-state index < -0.39 is 34.9 Å². The molecular weight excluding hydrogens is 387 g/mol. The van der Waals surface area contributed by atoms with Crippen molar-refractivity contribution in [1.29, 1.82) is 0 Å². The third-order valence-corrected chi connectivity index (χ3v) is 5.40. The van der Waals surface area contributed by atoms with Gasteiger partial charge in [-0.1, -0.05) is 12.1 Å². The zero-order valence-electron chi connectivity index (χ0n) is 16.1. The number of alkyl halides is 3. The molecule has 2 aromatic rings. The Morgan fingerprint density at radius 1 is 1.14 bits per heavy atom. The Labute approximate surface area is 165 Å². The molecule has 3 rings (SSSR count). The van der Waals surface area contributed by atoms with Crippen molar-refractivity contribution in [2.24, 2.45) is 5.41 Å². The average Bonchev–Trinajstić information content (AvgIpc) is 2.81. The van der Waals surface area contributed by atoms with Crippen molar-refractivity contribution in [3.05, 3.63) is 59.2 Å². The summed E-state index contributed by atoms with van der Waals surface area (Å²) in [6.45, 7) is 1.44. The number of hydrogen-bond acceptors (Lipinski definition) is 4. The first kappa shape index (κ1) is 20.7. The van der Waals surface area contributed by atoms with Crippen LogP contribution in [-0.2, 0) is 26.9 Å². The minimum Gasteiger partial charge on any atom is -0.497 e. The van der Waals surface area contributed by atoms with E-state index in [4.69, 9.17) is 9.47 Å². The molecule has 0 saturated heterocycles. The molecule has 5 nitrogen and oxygen atoms in total. The molecule has 29 heavy (non-hydrogen) atoms. The number of ether oxygens (including phenoxy) is 2. The number of hydrogen-bond donors (Lipinski definition) is 1. The number of benzene rings is 2. The van der Waals surface area contributed by atoms with Gasteiger partial charge < -0.3 is 14.8 Å². The van der Waals surface area contributed by atoms with Gasteiger partial charge in [0.25, 0.3) is 0 Å². The van der Waals surface area contributed by atoms with Crippen molar-refractivity contribution in [1.82, 2.24) is 0 Å². The molecule has 1 N–H and O–H groups in total. The number of carbonyl (C=O) groups excluding carboxylic acids is 2. The number of nitrogens with one attached hydrogen (secondary N) is 1. The quantitative estimate of drug-likeness (QED) is 0.613. The minimum atomic E-state index is -4.52. The highest BCUT2D eigenvalue weighted by Crippen LogP contribution is 2.45. The number of halogens is 3. The zero-order chi connectivity index (χ0) is 21.4. The number of esters is 1. The molecule has 1 aliphatic rings. The largest absolute Gasteiger partial charge is 0.497 e. The predicted molar refractivity (Wildman–Crippen MR) is 99.6 cm³/mol. The van der Waals surface area contributed by atoms with Crippen molar-refractivity contribution in [2.75, 3.05) is 19.5 Å². The Morgan fingerprint density at radius 3 is 2.34 bits per heavy atom. The molecule has 1 heterocycles. The number of anilines is 1. The van der Waals surface area contributed by atoms with E-state index in [0.717, 1.165) is 12.1 Å². The van der Waals surface area contributed by atoms with Crippen LogP contribution in [0.25, 0.3) is 0 Å². The Bertz CT molecular complexity index is 940. The van der Waals surface area contributed by atoms with Crippen molar-refractivity contribution in [2.45, 2.75) is 25.4 Å². The van der Waals surface area contributed by atoms with E-state index in [1.165, 1.54) is 27.2 Å². The summed E-state index contributed by atoms with van der Waals surface area (Å²) in [5, 5.41) is 2.60. The molecule has 8 heteroatoms. The molecule has 0 fully saturated rings. The summed E-state index contributed by atoms with van der Waals surface area (Å²) >= 11 is 0. The maximum absolute atomic E-state index is 13.2. The van der Waals surface area contributed by atoms with Gasteiger partial charge in [-0.3, -0.25) is 9.59 Å². The first-order valence-corrected chi connectivity index (χ1v) is 8.85. The fraction of sp³-hybridized carbons (Fsp3) is 0.333. The van der Waals surface area contributed by atoms with Gasteiger partial charge in [0.15, 0.2) is 5.41 Å². The third kappa shape index (κ3) is 3.66. The number of fused-ring (bicyclic) bond motifs is 1. The fourth-order valence-electron chi connectivity index (χ4n) is 3.63. The maximum Gasteiger partial charge on any atom is 0.416 e. The highest BCUT2D eigenvalue weighted by atomic mass is 19.4. The normalized spacial score (nSPS) is 21.6. The number of carbonyl (C=O) groups is 2. The molecule has 0 aromatic heterocycles. The molecule has 0 spiro atoms. The van der Waals surface area contributed by atoms with Crippen LogP contribution in [0.5, 0.6) is 5.75 Å². The average molecular weight is 407 g/mol. The minimum absolute atomic E-state index is 0.0376. The van der Waals surface area contributed by atoms with Crippen molar-refractivity contribution in [3.8, 4) is 5.75 Å². The van der Waals surface area contributed by atoms with Crippen LogP contribution < -0.4 is 10.1 Å². The van der Waals surface area contributed by atoms with Crippen LogP contribution in [-0.4, -0.2) is 26.1 Å². The Hall–Kier alpha value is -3.03. The molecule has 1 aliphatic heterocycles. The molecule has 2 aromatic carbocycles. The van der Waals surface area contributed by atoms with Gasteiger partial charge in [0.1, 0.15) is 5.75 Å². The Kier molecular flexibility index (Phi) is 5.30. The van der Waals surface area contributed by atoms with E-state index in [0.29, 0.717) is 16.9 Å². The monoisotopic (exact) mass is 407 g/mol. The van der Waals surface area contributed by atoms with Crippen LogP contribution in [0.1, 0.15) is 29.5 Å². The zero-order valence-corrected chi connectivity index (χ0v) is 16.1. The van der Waals surface area contributed by atoms with Gasteiger partial charge >= 0.3 is 12.1 Å². The molecule has 0 aliphatic carbocycles. The molecule has 0 radical (unpaired) electrons. The summed E-state index contributed by atoms with van der Waals surface area (Å²) in [5.74, 6) is -1.57. The van der Waals surface area contributed by atoms with Gasteiger partial charge in [-0.25, -0.2) is 0 Å². The predicted octanol–water partition coefficient (Wildman–Crippen LogP) is 4.17. The topological polar surface area (TPSA) is 64.6 Å². The molecule has 0 saturated carbocycles. The second kappa shape index (κ2) is 7.42. The summed E-state index contributed by atoms with van der Waals surface area (Å²) in [5.41, 5.74) is -1.31. The molecule has 2 unspecified atom stereocenters. The fourth-order valence-corrected chi connectivity index (χ4v) is 3.63. The lowest BCUT2D eigenvalue weighted by Gasteiger charge is -2.32. The van der Waals surface area contributed by atoms with E-state index in [1.807, 2.05) is 0 Å². The lowest BCUT2D eigenvalue weighted by Crippen LogP contribution is -2.45. The van der Waals surface area contributed by atoms with Crippen LogP contribution in [0.3, 0.4) is 0 Å². The number of methoxy groups -OCH3 is 2. The van der Waals surface area contributed by atoms with Crippen LogP contribution in [0.4, 0.5) is 18.9 Å². The van der Waals surface area contributed by atoms with Crippen LogP contribution in [0.15, 0.2) is 42.5 Å². The van der Waals surface area contributed by atoms with E-state index in [1.54, 1.807) is 24.3 Å². The van der Waals surface area contributed by atoms with Crippen molar-refractivity contribution >= 4 is 17.6 Å². The van der Waals surface area contributed by atoms with E-state index in [9.17, 15) is 22.8 Å². The second-order valence-electron chi connectivity index (χ2n) is 7.05.